The summed E-state index contributed by atoms with van der Waals surface area (Å²) in [6.45, 7) is 0.158. The standard InChI is InChI=1S/C19H20FNO4/c20-16-12-13(8-9-17(16)24-11-3-7-18(22)23)15-6-2-10-21-19(15)25-14-4-1-5-14/h2,6,8-10,12,14H,1,3-5,7,11H2,(H,22,23). The maximum Gasteiger partial charge on any atom is 0.303 e. The highest BCUT2D eigenvalue weighted by Gasteiger charge is 2.21. The maximum atomic E-state index is 14.3. The van der Waals surface area contributed by atoms with Gasteiger partial charge in [0.05, 0.1) is 6.61 Å². The Balaban J connectivity index is 1.71. The Morgan fingerprint density at radius 3 is 2.84 bits per heavy atom. The van der Waals surface area contributed by atoms with E-state index >= 15 is 0 Å². The highest BCUT2D eigenvalue weighted by atomic mass is 19.1. The normalized spacial score (nSPS) is 14.0. The highest BCUT2D eigenvalue weighted by molar-refractivity contribution is 5.69. The van der Waals surface area contributed by atoms with Gasteiger partial charge in [0.25, 0.3) is 0 Å². The van der Waals surface area contributed by atoms with Crippen molar-refractivity contribution in [3.63, 3.8) is 0 Å². The summed E-state index contributed by atoms with van der Waals surface area (Å²) in [6.07, 6.45) is 5.38. The Hall–Kier alpha value is -2.63. The molecule has 25 heavy (non-hydrogen) atoms. The zero-order valence-corrected chi connectivity index (χ0v) is 13.8. The summed E-state index contributed by atoms with van der Waals surface area (Å²) in [4.78, 5) is 14.7. The minimum absolute atomic E-state index is 0.00273. The second-order valence-corrected chi connectivity index (χ2v) is 6.02. The summed E-state index contributed by atoms with van der Waals surface area (Å²) < 4.78 is 25.5. The highest BCUT2D eigenvalue weighted by Crippen LogP contribution is 2.33. The number of aromatic nitrogens is 1. The number of pyridine rings is 1. The van der Waals surface area contributed by atoms with Crippen molar-refractivity contribution in [1.29, 1.82) is 0 Å². The average Bonchev–Trinajstić information content (AvgIpc) is 2.56. The molecule has 1 aromatic carbocycles. The molecule has 1 N–H and O–H groups in total. The number of ether oxygens (including phenoxy) is 2. The van der Waals surface area contributed by atoms with Gasteiger partial charge >= 0.3 is 5.97 Å². The van der Waals surface area contributed by atoms with Gasteiger partial charge in [-0.1, -0.05) is 6.07 Å². The number of benzene rings is 1. The number of carbonyl (C=O) groups is 1. The number of halogens is 1. The number of aliphatic carboxylic acids is 1. The van der Waals surface area contributed by atoms with Crippen LogP contribution >= 0.6 is 0 Å². The van der Waals surface area contributed by atoms with Crippen LogP contribution in [0.15, 0.2) is 36.5 Å². The van der Waals surface area contributed by atoms with Crippen LogP contribution in [0.3, 0.4) is 0 Å². The van der Waals surface area contributed by atoms with E-state index in [1.54, 1.807) is 24.4 Å². The third kappa shape index (κ3) is 4.47. The number of carboxylic acid groups (broad SMARTS) is 1. The molecular formula is C19H20FNO4. The van der Waals surface area contributed by atoms with E-state index in [4.69, 9.17) is 14.6 Å². The molecule has 132 valence electrons. The van der Waals surface area contributed by atoms with Gasteiger partial charge in [0.2, 0.25) is 5.88 Å². The van der Waals surface area contributed by atoms with Crippen molar-refractivity contribution in [2.24, 2.45) is 0 Å². The van der Waals surface area contributed by atoms with Gasteiger partial charge in [-0.3, -0.25) is 4.79 Å². The van der Waals surface area contributed by atoms with Gasteiger partial charge < -0.3 is 14.6 Å². The van der Waals surface area contributed by atoms with Crippen molar-refractivity contribution in [2.45, 2.75) is 38.2 Å². The van der Waals surface area contributed by atoms with Crippen LogP contribution in [0.4, 0.5) is 4.39 Å². The van der Waals surface area contributed by atoms with E-state index in [1.165, 1.54) is 6.07 Å². The fraction of sp³-hybridized carbons (Fsp3) is 0.368. The molecule has 6 heteroatoms. The van der Waals surface area contributed by atoms with Crippen molar-refractivity contribution in [3.05, 3.63) is 42.3 Å². The lowest BCUT2D eigenvalue weighted by atomic mass is 9.96. The lowest BCUT2D eigenvalue weighted by Crippen LogP contribution is -2.25. The van der Waals surface area contributed by atoms with Crippen LogP contribution in [0, 0.1) is 5.82 Å². The van der Waals surface area contributed by atoms with Gasteiger partial charge in [-0.05, 0) is 55.5 Å². The van der Waals surface area contributed by atoms with Gasteiger partial charge in [-0.2, -0.15) is 0 Å². The molecule has 1 saturated carbocycles. The number of carboxylic acids is 1. The number of rotatable bonds is 8. The van der Waals surface area contributed by atoms with Crippen molar-refractivity contribution in [1.82, 2.24) is 4.98 Å². The van der Waals surface area contributed by atoms with Crippen LogP contribution < -0.4 is 9.47 Å². The molecule has 0 atom stereocenters. The molecule has 1 aromatic heterocycles. The lowest BCUT2D eigenvalue weighted by molar-refractivity contribution is -0.137. The summed E-state index contributed by atoms with van der Waals surface area (Å²) in [5, 5.41) is 8.59. The van der Waals surface area contributed by atoms with E-state index in [2.05, 4.69) is 4.98 Å². The first-order valence-corrected chi connectivity index (χ1v) is 8.39. The molecule has 0 aliphatic heterocycles. The summed E-state index contributed by atoms with van der Waals surface area (Å²) >= 11 is 0. The van der Waals surface area contributed by atoms with Crippen LogP contribution in [0.1, 0.15) is 32.1 Å². The van der Waals surface area contributed by atoms with E-state index in [-0.39, 0.29) is 24.9 Å². The average molecular weight is 345 g/mol. The molecule has 0 bridgehead atoms. The molecule has 1 heterocycles. The number of hydrogen-bond donors (Lipinski definition) is 1. The Morgan fingerprint density at radius 2 is 2.16 bits per heavy atom. The first kappa shape index (κ1) is 17.2. The van der Waals surface area contributed by atoms with Crippen molar-refractivity contribution >= 4 is 5.97 Å². The molecule has 0 spiro atoms. The molecule has 1 aliphatic carbocycles. The van der Waals surface area contributed by atoms with Crippen LogP contribution in [0.5, 0.6) is 11.6 Å². The fourth-order valence-corrected chi connectivity index (χ4v) is 2.54. The zero-order valence-electron chi connectivity index (χ0n) is 13.8. The molecular weight excluding hydrogens is 325 g/mol. The molecule has 5 nitrogen and oxygen atoms in total. The third-order valence-electron chi connectivity index (χ3n) is 4.14. The molecule has 1 aliphatic rings. The second-order valence-electron chi connectivity index (χ2n) is 6.02. The van der Waals surface area contributed by atoms with Crippen molar-refractivity contribution in [3.8, 4) is 22.8 Å². The molecule has 0 amide bonds. The van der Waals surface area contributed by atoms with Crippen LogP contribution in [0.2, 0.25) is 0 Å². The van der Waals surface area contributed by atoms with Crippen molar-refractivity contribution < 1.29 is 23.8 Å². The number of nitrogens with zero attached hydrogens (tertiary/aromatic N) is 1. The fourth-order valence-electron chi connectivity index (χ4n) is 2.54. The SMILES string of the molecule is O=C(O)CCCOc1ccc(-c2cccnc2OC2CCC2)cc1F. The summed E-state index contributed by atoms with van der Waals surface area (Å²) in [5.74, 6) is -0.762. The van der Waals surface area contributed by atoms with Gasteiger partial charge in [0.15, 0.2) is 11.6 Å². The van der Waals surface area contributed by atoms with E-state index < -0.39 is 11.8 Å². The zero-order chi connectivity index (χ0) is 17.6. The first-order chi connectivity index (χ1) is 12.1. The maximum absolute atomic E-state index is 14.3. The number of hydrogen-bond acceptors (Lipinski definition) is 4. The third-order valence-corrected chi connectivity index (χ3v) is 4.14. The molecule has 0 saturated heterocycles. The Kier molecular flexibility index (Phi) is 5.48. The lowest BCUT2D eigenvalue weighted by Gasteiger charge is -2.26. The predicted octanol–water partition coefficient (Wildman–Crippen LogP) is 4.06. The first-order valence-electron chi connectivity index (χ1n) is 8.39. The van der Waals surface area contributed by atoms with Crippen molar-refractivity contribution in [2.75, 3.05) is 6.61 Å². The van der Waals surface area contributed by atoms with E-state index in [0.29, 0.717) is 17.9 Å². The minimum atomic E-state index is -0.894. The molecule has 3 rings (SSSR count). The largest absolute Gasteiger partial charge is 0.491 e. The summed E-state index contributed by atoms with van der Waals surface area (Å²) in [5.41, 5.74) is 1.41. The smallest absolute Gasteiger partial charge is 0.303 e. The topological polar surface area (TPSA) is 68.7 Å². The quantitative estimate of drug-likeness (QED) is 0.731. The van der Waals surface area contributed by atoms with Crippen LogP contribution in [-0.4, -0.2) is 28.8 Å². The van der Waals surface area contributed by atoms with Crippen LogP contribution in [-0.2, 0) is 4.79 Å². The van der Waals surface area contributed by atoms with Gasteiger partial charge in [0.1, 0.15) is 6.10 Å². The predicted molar refractivity (Wildman–Crippen MR) is 90.3 cm³/mol. The molecule has 2 aromatic rings. The minimum Gasteiger partial charge on any atom is -0.491 e. The Bertz CT molecular complexity index is 746. The van der Waals surface area contributed by atoms with E-state index in [0.717, 1.165) is 24.8 Å². The molecule has 1 fully saturated rings. The summed E-state index contributed by atoms with van der Waals surface area (Å²) in [6, 6.07) is 8.32. The van der Waals surface area contributed by atoms with E-state index in [1.807, 2.05) is 6.07 Å². The van der Waals surface area contributed by atoms with E-state index in [9.17, 15) is 9.18 Å². The molecule has 0 unspecified atom stereocenters. The van der Waals surface area contributed by atoms with Gasteiger partial charge in [-0.15, -0.1) is 0 Å². The van der Waals surface area contributed by atoms with Crippen LogP contribution in [0.25, 0.3) is 11.1 Å². The van der Waals surface area contributed by atoms with Gasteiger partial charge in [-0.25, -0.2) is 9.37 Å². The molecule has 0 radical (unpaired) electrons. The Morgan fingerprint density at radius 1 is 1.32 bits per heavy atom. The second kappa shape index (κ2) is 7.96. The Labute approximate surface area is 145 Å². The van der Waals surface area contributed by atoms with Gasteiger partial charge in [0, 0.05) is 18.2 Å². The monoisotopic (exact) mass is 345 g/mol. The summed E-state index contributed by atoms with van der Waals surface area (Å²) in [7, 11) is 0.